The molecule has 2 aromatic heterocycles. The van der Waals surface area contributed by atoms with Gasteiger partial charge in [-0.1, -0.05) is 23.2 Å². The van der Waals surface area contributed by atoms with E-state index in [2.05, 4.69) is 14.7 Å². The maximum absolute atomic E-state index is 12.0. The van der Waals surface area contributed by atoms with Gasteiger partial charge in [0.05, 0.1) is 21.8 Å². The molecule has 0 spiro atoms. The van der Waals surface area contributed by atoms with Crippen LogP contribution in [0, 0.1) is 0 Å². The van der Waals surface area contributed by atoms with Crippen molar-refractivity contribution in [2.45, 2.75) is 4.90 Å². The fourth-order valence-electron chi connectivity index (χ4n) is 1.21. The predicted octanol–water partition coefficient (Wildman–Crippen LogP) is 2.58. The second kappa shape index (κ2) is 5.09. The van der Waals surface area contributed by atoms with E-state index in [0.717, 1.165) is 0 Å². The molecular weight excluding hydrogens is 297 g/mol. The van der Waals surface area contributed by atoms with Crippen LogP contribution in [0.1, 0.15) is 0 Å². The molecule has 0 radical (unpaired) electrons. The smallest absolute Gasteiger partial charge is 0.262 e. The Hall–Kier alpha value is -1.37. The SMILES string of the molecule is O=S(=O)(Nc1cnccc1Cl)c1ccnc(Cl)c1. The molecule has 0 atom stereocenters. The highest BCUT2D eigenvalue weighted by molar-refractivity contribution is 7.92. The molecule has 0 aliphatic heterocycles. The number of hydrogen-bond acceptors (Lipinski definition) is 4. The van der Waals surface area contributed by atoms with Crippen molar-refractivity contribution in [2.75, 3.05) is 4.72 Å². The Morgan fingerprint density at radius 3 is 2.61 bits per heavy atom. The first-order valence-corrected chi connectivity index (χ1v) is 6.97. The lowest BCUT2D eigenvalue weighted by molar-refractivity contribution is 0.601. The van der Waals surface area contributed by atoms with Crippen LogP contribution in [0.3, 0.4) is 0 Å². The van der Waals surface area contributed by atoms with Gasteiger partial charge in [0.2, 0.25) is 0 Å². The van der Waals surface area contributed by atoms with Gasteiger partial charge in [0, 0.05) is 12.4 Å². The van der Waals surface area contributed by atoms with Crippen molar-refractivity contribution in [3.05, 3.63) is 47.0 Å². The van der Waals surface area contributed by atoms with Crippen molar-refractivity contribution in [3.8, 4) is 0 Å². The molecule has 94 valence electrons. The van der Waals surface area contributed by atoms with Crippen molar-refractivity contribution in [3.63, 3.8) is 0 Å². The van der Waals surface area contributed by atoms with Crippen molar-refractivity contribution < 1.29 is 8.42 Å². The van der Waals surface area contributed by atoms with Crippen LogP contribution in [0.2, 0.25) is 10.2 Å². The van der Waals surface area contributed by atoms with Gasteiger partial charge in [-0.15, -0.1) is 0 Å². The zero-order valence-electron chi connectivity index (χ0n) is 8.84. The van der Waals surface area contributed by atoms with Crippen molar-refractivity contribution in [2.24, 2.45) is 0 Å². The van der Waals surface area contributed by atoms with E-state index in [9.17, 15) is 8.42 Å². The maximum Gasteiger partial charge on any atom is 0.262 e. The molecule has 18 heavy (non-hydrogen) atoms. The molecule has 0 saturated heterocycles. The number of anilines is 1. The van der Waals surface area contributed by atoms with Gasteiger partial charge in [-0.3, -0.25) is 9.71 Å². The van der Waals surface area contributed by atoms with E-state index < -0.39 is 10.0 Å². The molecule has 0 saturated carbocycles. The van der Waals surface area contributed by atoms with Crippen LogP contribution >= 0.6 is 23.2 Å². The van der Waals surface area contributed by atoms with Crippen LogP contribution in [0.15, 0.2) is 41.7 Å². The minimum Gasteiger partial charge on any atom is -0.277 e. The molecular formula is C10H7Cl2N3O2S. The van der Waals surface area contributed by atoms with Gasteiger partial charge in [-0.2, -0.15) is 0 Å². The largest absolute Gasteiger partial charge is 0.277 e. The molecule has 0 fully saturated rings. The van der Waals surface area contributed by atoms with Gasteiger partial charge in [-0.05, 0) is 18.2 Å². The third-order valence-corrected chi connectivity index (χ3v) is 3.92. The summed E-state index contributed by atoms with van der Waals surface area (Å²) in [5.41, 5.74) is 0.201. The van der Waals surface area contributed by atoms with Gasteiger partial charge in [-0.25, -0.2) is 13.4 Å². The summed E-state index contributed by atoms with van der Waals surface area (Å²) in [4.78, 5) is 7.51. The maximum atomic E-state index is 12.0. The lowest BCUT2D eigenvalue weighted by Gasteiger charge is -2.08. The minimum atomic E-state index is -3.76. The Labute approximate surface area is 114 Å². The normalized spacial score (nSPS) is 11.2. The molecule has 2 rings (SSSR count). The molecule has 0 amide bonds. The summed E-state index contributed by atoms with van der Waals surface area (Å²) in [6.45, 7) is 0. The Morgan fingerprint density at radius 1 is 1.17 bits per heavy atom. The molecule has 8 heteroatoms. The number of hydrogen-bond donors (Lipinski definition) is 1. The fraction of sp³-hybridized carbons (Fsp3) is 0. The molecule has 0 unspecified atom stereocenters. The highest BCUT2D eigenvalue weighted by Gasteiger charge is 2.16. The van der Waals surface area contributed by atoms with Gasteiger partial charge in [0.15, 0.2) is 0 Å². The Kier molecular flexibility index (Phi) is 3.70. The van der Waals surface area contributed by atoms with Crippen LogP contribution < -0.4 is 4.72 Å². The number of halogens is 2. The zero-order chi connectivity index (χ0) is 13.2. The number of rotatable bonds is 3. The lowest BCUT2D eigenvalue weighted by Crippen LogP contribution is -2.13. The quantitative estimate of drug-likeness (QED) is 0.885. The third kappa shape index (κ3) is 2.90. The zero-order valence-corrected chi connectivity index (χ0v) is 11.2. The summed E-state index contributed by atoms with van der Waals surface area (Å²) in [5.74, 6) is 0. The third-order valence-electron chi connectivity index (χ3n) is 2.02. The molecule has 0 aliphatic rings. The second-order valence-corrected chi connectivity index (χ2v) is 5.75. The van der Waals surface area contributed by atoms with Crippen LogP contribution in [0.4, 0.5) is 5.69 Å². The van der Waals surface area contributed by atoms with Crippen molar-refractivity contribution in [1.29, 1.82) is 0 Å². The number of pyridine rings is 2. The standard InChI is InChI=1S/C10H7Cl2N3O2S/c11-8-2-3-13-6-9(8)15-18(16,17)7-1-4-14-10(12)5-7/h1-6,15H. The van der Waals surface area contributed by atoms with Gasteiger partial charge >= 0.3 is 0 Å². The topological polar surface area (TPSA) is 72.0 Å². The van der Waals surface area contributed by atoms with Crippen molar-refractivity contribution in [1.82, 2.24) is 9.97 Å². The monoisotopic (exact) mass is 303 g/mol. The fourth-order valence-corrected chi connectivity index (χ4v) is 2.73. The molecule has 5 nitrogen and oxygen atoms in total. The number of sulfonamides is 1. The number of aromatic nitrogens is 2. The Balaban J connectivity index is 2.37. The first-order valence-electron chi connectivity index (χ1n) is 4.73. The summed E-state index contributed by atoms with van der Waals surface area (Å²) in [7, 11) is -3.76. The summed E-state index contributed by atoms with van der Waals surface area (Å²) < 4.78 is 26.4. The molecule has 2 aromatic rings. The molecule has 2 heterocycles. The predicted molar refractivity (Wildman–Crippen MR) is 69.3 cm³/mol. The molecule has 0 aromatic carbocycles. The van der Waals surface area contributed by atoms with E-state index in [0.29, 0.717) is 0 Å². The van der Waals surface area contributed by atoms with E-state index >= 15 is 0 Å². The van der Waals surface area contributed by atoms with Crippen LogP contribution in [-0.4, -0.2) is 18.4 Å². The molecule has 0 bridgehead atoms. The highest BCUT2D eigenvalue weighted by Crippen LogP contribution is 2.23. The second-order valence-electron chi connectivity index (χ2n) is 3.28. The van der Waals surface area contributed by atoms with E-state index in [1.54, 1.807) is 0 Å². The van der Waals surface area contributed by atoms with Gasteiger partial charge < -0.3 is 0 Å². The van der Waals surface area contributed by atoms with E-state index in [-0.39, 0.29) is 20.8 Å². The van der Waals surface area contributed by atoms with E-state index in [1.807, 2.05) is 0 Å². The van der Waals surface area contributed by atoms with Crippen LogP contribution in [-0.2, 0) is 10.0 Å². The average molecular weight is 304 g/mol. The van der Waals surface area contributed by atoms with Crippen LogP contribution in [0.25, 0.3) is 0 Å². The Bertz CT molecular complexity index is 676. The highest BCUT2D eigenvalue weighted by atomic mass is 35.5. The molecule has 1 N–H and O–H groups in total. The average Bonchev–Trinajstić information content (AvgIpc) is 2.32. The summed E-state index contributed by atoms with van der Waals surface area (Å²) in [6.07, 6.45) is 4.09. The van der Waals surface area contributed by atoms with Gasteiger partial charge in [0.25, 0.3) is 10.0 Å². The Morgan fingerprint density at radius 2 is 1.94 bits per heavy atom. The molecule has 0 aliphatic carbocycles. The lowest BCUT2D eigenvalue weighted by atomic mass is 10.4. The first kappa shape index (κ1) is 13.1. The summed E-state index contributed by atoms with van der Waals surface area (Å²) in [6, 6.07) is 4.06. The van der Waals surface area contributed by atoms with Gasteiger partial charge in [0.1, 0.15) is 5.15 Å². The van der Waals surface area contributed by atoms with E-state index in [4.69, 9.17) is 23.2 Å². The minimum absolute atomic E-state index is 0.00224. The summed E-state index contributed by atoms with van der Waals surface area (Å²) in [5, 5.41) is 0.351. The van der Waals surface area contributed by atoms with E-state index in [1.165, 1.54) is 36.8 Å². The number of nitrogens with one attached hydrogen (secondary N) is 1. The number of nitrogens with zero attached hydrogens (tertiary/aromatic N) is 2. The van der Waals surface area contributed by atoms with Crippen LogP contribution in [0.5, 0.6) is 0 Å². The first-order chi connectivity index (χ1) is 8.49. The summed E-state index contributed by atoms with van der Waals surface area (Å²) >= 11 is 11.5. The van der Waals surface area contributed by atoms with Crippen molar-refractivity contribution >= 4 is 38.9 Å².